The van der Waals surface area contributed by atoms with Crippen LogP contribution in [0.15, 0.2) is 60.7 Å². The van der Waals surface area contributed by atoms with Crippen LogP contribution in [0.25, 0.3) is 11.1 Å². The second-order valence-electron chi connectivity index (χ2n) is 9.87. The van der Waals surface area contributed by atoms with Gasteiger partial charge in [0, 0.05) is 37.9 Å². The Hall–Kier alpha value is -2.71. The van der Waals surface area contributed by atoms with Crippen molar-refractivity contribution in [1.29, 1.82) is 0 Å². The molecule has 4 rings (SSSR count). The first-order valence-corrected chi connectivity index (χ1v) is 13.3. The highest BCUT2D eigenvalue weighted by molar-refractivity contribution is 5.66. The third kappa shape index (κ3) is 7.65. The molecule has 0 spiro atoms. The van der Waals surface area contributed by atoms with Gasteiger partial charge in [-0.2, -0.15) is 0 Å². The van der Waals surface area contributed by atoms with Crippen LogP contribution in [0.1, 0.15) is 37.7 Å². The van der Waals surface area contributed by atoms with Gasteiger partial charge in [-0.3, -0.25) is 9.69 Å². The lowest BCUT2D eigenvalue weighted by Gasteiger charge is -2.37. The van der Waals surface area contributed by atoms with Crippen molar-refractivity contribution in [3.05, 3.63) is 66.2 Å². The van der Waals surface area contributed by atoms with Crippen molar-refractivity contribution in [1.82, 2.24) is 4.90 Å². The molecule has 0 amide bonds. The number of allylic oxidation sites excluding steroid dienone is 2. The molecule has 7 nitrogen and oxygen atoms in total. The molecule has 200 valence electrons. The number of aliphatic hydroxyl groups is 1. The first-order valence-electron chi connectivity index (χ1n) is 13.3. The van der Waals surface area contributed by atoms with Crippen molar-refractivity contribution in [2.75, 3.05) is 33.4 Å². The molecule has 1 aliphatic carbocycles. The van der Waals surface area contributed by atoms with E-state index in [9.17, 15) is 9.90 Å². The third-order valence-electron chi connectivity index (χ3n) is 7.43. The molecule has 0 aromatic heterocycles. The van der Waals surface area contributed by atoms with Crippen LogP contribution >= 0.6 is 0 Å². The number of hydrogen-bond donors (Lipinski definition) is 2. The van der Waals surface area contributed by atoms with Gasteiger partial charge in [-0.25, -0.2) is 0 Å². The fraction of sp³-hybridized carbons (Fsp3) is 0.500. The summed E-state index contributed by atoms with van der Waals surface area (Å²) in [5.74, 6) is 0.250. The summed E-state index contributed by atoms with van der Waals surface area (Å²) in [5.41, 5.74) is 3.38. The predicted molar refractivity (Wildman–Crippen MR) is 143 cm³/mol. The number of carbonyl (C=O) groups is 1. The molecule has 2 aliphatic rings. The molecule has 2 aromatic carbocycles. The van der Waals surface area contributed by atoms with E-state index in [4.69, 9.17) is 19.3 Å². The topological polar surface area (TPSA) is 88.5 Å². The van der Waals surface area contributed by atoms with Crippen LogP contribution in [0, 0.1) is 5.92 Å². The number of nitrogens with zero attached hydrogens (tertiary/aromatic N) is 1. The van der Waals surface area contributed by atoms with Crippen LogP contribution in [0.4, 0.5) is 0 Å². The smallest absolute Gasteiger partial charge is 0.303 e. The van der Waals surface area contributed by atoms with Crippen molar-refractivity contribution in [2.24, 2.45) is 5.92 Å². The Morgan fingerprint density at radius 1 is 1.05 bits per heavy atom. The monoisotopic (exact) mass is 509 g/mol. The number of carboxylic acids is 1. The molecular formula is C30H39NO6. The SMILES string of the molecule is COc1ccc(-c2ccc(CO[C@H]3C[C@@H](O)[C@H](N4CCOCC4)[C@H]3C/C=C\CCCC(=O)O)cc2)cc1. The lowest BCUT2D eigenvalue weighted by molar-refractivity contribution is -0.137. The van der Waals surface area contributed by atoms with Crippen molar-refractivity contribution >= 4 is 5.97 Å². The zero-order valence-electron chi connectivity index (χ0n) is 21.6. The summed E-state index contributed by atoms with van der Waals surface area (Å²) in [6.07, 6.45) is 6.70. The standard InChI is InChI=1S/C30H39NO6/c1-35-25-14-12-24(13-15-25)23-10-8-22(9-11-23)21-37-28-20-27(32)30(31-16-18-36-19-17-31)26(28)6-4-2-3-5-7-29(33)34/h2,4,8-15,26-28,30,32H,3,5-7,16-21H2,1H3,(H,33,34)/b4-2-/t26-,27+,28-,30+/m0/s1. The predicted octanol–water partition coefficient (Wildman–Crippen LogP) is 4.53. The molecule has 2 fully saturated rings. The van der Waals surface area contributed by atoms with E-state index in [1.165, 1.54) is 0 Å². The number of carboxylic acid groups (broad SMARTS) is 1. The van der Waals surface area contributed by atoms with E-state index in [1.807, 2.05) is 12.1 Å². The lowest BCUT2D eigenvalue weighted by atomic mass is 9.94. The maximum absolute atomic E-state index is 11.0. The highest BCUT2D eigenvalue weighted by Crippen LogP contribution is 2.36. The average molecular weight is 510 g/mol. The van der Waals surface area contributed by atoms with E-state index < -0.39 is 12.1 Å². The second kappa shape index (κ2) is 13.7. The van der Waals surface area contributed by atoms with Crippen molar-refractivity contribution in [3.8, 4) is 16.9 Å². The molecule has 1 saturated heterocycles. The van der Waals surface area contributed by atoms with Crippen LogP contribution in [-0.2, 0) is 20.9 Å². The lowest BCUT2D eigenvalue weighted by Crippen LogP contribution is -2.50. The number of hydrogen-bond acceptors (Lipinski definition) is 6. The van der Waals surface area contributed by atoms with E-state index in [1.54, 1.807) is 7.11 Å². The summed E-state index contributed by atoms with van der Waals surface area (Å²) in [4.78, 5) is 13.1. The Balaban J connectivity index is 1.38. The Kier molecular flexibility index (Phi) is 10.1. The van der Waals surface area contributed by atoms with Gasteiger partial charge in [0.15, 0.2) is 0 Å². The minimum absolute atomic E-state index is 0.0371. The largest absolute Gasteiger partial charge is 0.497 e. The van der Waals surface area contributed by atoms with Crippen LogP contribution in [0.3, 0.4) is 0 Å². The minimum atomic E-state index is -0.759. The molecule has 1 aliphatic heterocycles. The number of ether oxygens (including phenoxy) is 3. The first-order chi connectivity index (χ1) is 18.0. The molecule has 4 atom stereocenters. The maximum Gasteiger partial charge on any atom is 0.303 e. The number of morpholine rings is 1. The summed E-state index contributed by atoms with van der Waals surface area (Å²) >= 11 is 0. The van der Waals surface area contributed by atoms with Crippen LogP contribution in [0.2, 0.25) is 0 Å². The van der Waals surface area contributed by atoms with Gasteiger partial charge in [-0.1, -0.05) is 48.6 Å². The molecule has 1 saturated carbocycles. The normalized spacial score (nSPS) is 24.5. The number of aliphatic hydroxyl groups excluding tert-OH is 1. The molecule has 0 bridgehead atoms. The summed E-state index contributed by atoms with van der Waals surface area (Å²) in [7, 11) is 1.67. The Morgan fingerprint density at radius 2 is 1.73 bits per heavy atom. The minimum Gasteiger partial charge on any atom is -0.497 e. The van der Waals surface area contributed by atoms with Gasteiger partial charge in [0.05, 0.1) is 39.1 Å². The fourth-order valence-electron chi connectivity index (χ4n) is 5.45. The number of rotatable bonds is 12. The third-order valence-corrected chi connectivity index (χ3v) is 7.43. The van der Waals surface area contributed by atoms with Gasteiger partial charge in [0.2, 0.25) is 0 Å². The van der Waals surface area contributed by atoms with Gasteiger partial charge in [0.1, 0.15) is 5.75 Å². The van der Waals surface area contributed by atoms with Crippen molar-refractivity contribution in [2.45, 2.75) is 57.0 Å². The van der Waals surface area contributed by atoms with Crippen LogP contribution < -0.4 is 4.74 Å². The zero-order chi connectivity index (χ0) is 26.0. The molecule has 37 heavy (non-hydrogen) atoms. The Bertz CT molecular complexity index is 1000. The van der Waals surface area contributed by atoms with Gasteiger partial charge in [0.25, 0.3) is 0 Å². The number of unbranched alkanes of at least 4 members (excludes halogenated alkanes) is 1. The quantitative estimate of drug-likeness (QED) is 0.321. The van der Waals surface area contributed by atoms with Crippen molar-refractivity contribution < 1.29 is 29.2 Å². The second-order valence-corrected chi connectivity index (χ2v) is 9.87. The highest BCUT2D eigenvalue weighted by atomic mass is 16.5. The van der Waals surface area contributed by atoms with Crippen molar-refractivity contribution in [3.63, 3.8) is 0 Å². The number of aliphatic carboxylic acids is 1. The fourth-order valence-corrected chi connectivity index (χ4v) is 5.45. The average Bonchev–Trinajstić information content (AvgIpc) is 3.24. The molecule has 1 heterocycles. The van der Waals surface area contributed by atoms with Gasteiger partial charge < -0.3 is 24.4 Å². The molecule has 2 N–H and O–H groups in total. The van der Waals surface area contributed by atoms with E-state index in [-0.39, 0.29) is 24.5 Å². The molecule has 0 unspecified atom stereocenters. The van der Waals surface area contributed by atoms with Gasteiger partial charge in [-0.15, -0.1) is 0 Å². The Morgan fingerprint density at radius 3 is 2.38 bits per heavy atom. The van der Waals surface area contributed by atoms with Gasteiger partial charge >= 0.3 is 5.97 Å². The van der Waals surface area contributed by atoms with E-state index >= 15 is 0 Å². The van der Waals surface area contributed by atoms with Crippen LogP contribution in [-0.4, -0.2) is 72.7 Å². The van der Waals surface area contributed by atoms with Crippen LogP contribution in [0.5, 0.6) is 5.75 Å². The van der Waals surface area contributed by atoms with E-state index in [0.29, 0.717) is 32.7 Å². The molecule has 7 heteroatoms. The van der Waals surface area contributed by atoms with E-state index in [2.05, 4.69) is 53.5 Å². The summed E-state index contributed by atoms with van der Waals surface area (Å²) in [6, 6.07) is 16.5. The highest BCUT2D eigenvalue weighted by Gasteiger charge is 2.45. The number of methoxy groups -OCH3 is 1. The zero-order valence-corrected chi connectivity index (χ0v) is 21.6. The summed E-state index contributed by atoms with van der Waals surface area (Å²) in [6.45, 7) is 3.51. The molecule has 0 radical (unpaired) electrons. The molecular weight excluding hydrogens is 470 g/mol. The van der Waals surface area contributed by atoms with E-state index in [0.717, 1.165) is 48.4 Å². The summed E-state index contributed by atoms with van der Waals surface area (Å²) in [5, 5.41) is 19.9. The summed E-state index contributed by atoms with van der Waals surface area (Å²) < 4.78 is 17.2. The van der Waals surface area contributed by atoms with Gasteiger partial charge in [-0.05, 0) is 48.1 Å². The Labute approximate surface area is 219 Å². The number of benzene rings is 2. The first kappa shape index (κ1) is 27.3. The maximum atomic E-state index is 11.0. The molecule has 2 aromatic rings.